The van der Waals surface area contributed by atoms with E-state index >= 15 is 0 Å². The first-order chi connectivity index (χ1) is 6.51. The summed E-state index contributed by atoms with van der Waals surface area (Å²) < 4.78 is 0. The fraction of sp³-hybridized carbons (Fsp3) is 0.667. The van der Waals surface area contributed by atoms with Gasteiger partial charge in [0.15, 0.2) is 0 Å². The molecule has 0 aromatic carbocycles. The molecule has 1 rings (SSSR count). The zero-order chi connectivity index (χ0) is 10.8. The van der Waals surface area contributed by atoms with Crippen LogP contribution in [0, 0.1) is 0 Å². The van der Waals surface area contributed by atoms with Crippen LogP contribution in [-0.2, 0) is 9.59 Å². The topological polar surface area (TPSA) is 84.5 Å². The molecule has 0 saturated heterocycles. The van der Waals surface area contributed by atoms with Gasteiger partial charge in [0, 0.05) is 0 Å². The van der Waals surface area contributed by atoms with Gasteiger partial charge in [0.2, 0.25) is 5.91 Å². The Balaban J connectivity index is 2.96. The molecule has 0 aliphatic carbocycles. The molecule has 0 unspecified atom stereocenters. The molecule has 0 aromatic rings. The van der Waals surface area contributed by atoms with E-state index in [0.717, 1.165) is 0 Å². The monoisotopic (exact) mass is 197 g/mol. The zero-order valence-corrected chi connectivity index (χ0v) is 8.46. The number of amides is 2. The third-order valence-electron chi connectivity index (χ3n) is 2.54. The van der Waals surface area contributed by atoms with E-state index in [9.17, 15) is 9.59 Å². The van der Waals surface area contributed by atoms with Gasteiger partial charge in [0.25, 0.3) is 5.91 Å². The van der Waals surface area contributed by atoms with Crippen LogP contribution in [0.3, 0.4) is 0 Å². The Bertz CT molecular complexity index is 292. The molecule has 0 aromatic heterocycles. The SMILES string of the molecule is CCC(N)(CC)C1=NC(=O)CC(=O)N1. The Morgan fingerprint density at radius 2 is 2.00 bits per heavy atom. The summed E-state index contributed by atoms with van der Waals surface area (Å²) in [6, 6.07) is 0. The first kappa shape index (κ1) is 10.8. The molecule has 0 fully saturated rings. The highest BCUT2D eigenvalue weighted by Gasteiger charge is 2.32. The number of nitrogens with one attached hydrogen (secondary N) is 1. The van der Waals surface area contributed by atoms with Gasteiger partial charge >= 0.3 is 0 Å². The van der Waals surface area contributed by atoms with Crippen LogP contribution >= 0.6 is 0 Å². The molecule has 0 saturated carbocycles. The first-order valence-electron chi connectivity index (χ1n) is 4.72. The fourth-order valence-electron chi connectivity index (χ4n) is 1.33. The van der Waals surface area contributed by atoms with Gasteiger partial charge in [-0.15, -0.1) is 0 Å². The lowest BCUT2D eigenvalue weighted by atomic mass is 9.92. The number of carbonyl (C=O) groups is 2. The second-order valence-electron chi connectivity index (χ2n) is 3.44. The van der Waals surface area contributed by atoms with Crippen molar-refractivity contribution < 1.29 is 9.59 Å². The molecule has 0 spiro atoms. The van der Waals surface area contributed by atoms with Crippen LogP contribution in [0.5, 0.6) is 0 Å². The van der Waals surface area contributed by atoms with E-state index in [1.165, 1.54) is 0 Å². The Hall–Kier alpha value is -1.23. The van der Waals surface area contributed by atoms with Crippen molar-refractivity contribution in [2.24, 2.45) is 10.7 Å². The Morgan fingerprint density at radius 3 is 2.43 bits per heavy atom. The summed E-state index contributed by atoms with van der Waals surface area (Å²) in [5, 5.41) is 2.55. The third kappa shape index (κ3) is 1.98. The second kappa shape index (κ2) is 3.88. The molecule has 0 bridgehead atoms. The van der Waals surface area contributed by atoms with Crippen LogP contribution in [-0.4, -0.2) is 23.2 Å². The number of hydrogen-bond donors (Lipinski definition) is 2. The standard InChI is InChI=1S/C9H15N3O2/c1-3-9(10,4-2)8-11-6(13)5-7(14)12-8/h3-5,10H2,1-2H3,(H,11,12,13,14). The number of nitrogens with two attached hydrogens (primary N) is 1. The molecule has 0 radical (unpaired) electrons. The van der Waals surface area contributed by atoms with Crippen LogP contribution in [0.2, 0.25) is 0 Å². The van der Waals surface area contributed by atoms with Gasteiger partial charge in [-0.2, -0.15) is 4.99 Å². The highest BCUT2D eigenvalue weighted by atomic mass is 16.2. The van der Waals surface area contributed by atoms with Crippen LogP contribution in [0.4, 0.5) is 0 Å². The van der Waals surface area contributed by atoms with E-state index < -0.39 is 11.4 Å². The lowest BCUT2D eigenvalue weighted by molar-refractivity contribution is -0.127. The predicted octanol–water partition coefficient (Wildman–Crippen LogP) is -0.0511. The Kier molecular flexibility index (Phi) is 3.00. The van der Waals surface area contributed by atoms with Crippen molar-refractivity contribution >= 4 is 17.6 Å². The molecule has 1 aliphatic heterocycles. The first-order valence-corrected chi connectivity index (χ1v) is 4.72. The van der Waals surface area contributed by atoms with Gasteiger partial charge < -0.3 is 11.1 Å². The van der Waals surface area contributed by atoms with Crippen molar-refractivity contribution in [3.05, 3.63) is 0 Å². The Morgan fingerprint density at radius 1 is 1.43 bits per heavy atom. The maximum Gasteiger partial charge on any atom is 0.256 e. The Labute approximate surface area is 82.8 Å². The van der Waals surface area contributed by atoms with Gasteiger partial charge in [-0.25, -0.2) is 0 Å². The van der Waals surface area contributed by atoms with Gasteiger partial charge in [-0.1, -0.05) is 13.8 Å². The normalized spacial score (nSPS) is 17.8. The lowest BCUT2D eigenvalue weighted by Crippen LogP contribution is -2.56. The van der Waals surface area contributed by atoms with Gasteiger partial charge in [0.05, 0.1) is 5.54 Å². The summed E-state index contributed by atoms with van der Waals surface area (Å²) in [6.45, 7) is 3.80. The molecule has 5 heteroatoms. The predicted molar refractivity (Wildman–Crippen MR) is 52.7 cm³/mol. The highest BCUT2D eigenvalue weighted by molar-refractivity contribution is 6.16. The maximum atomic E-state index is 11.1. The number of nitrogens with zero attached hydrogens (tertiary/aromatic N) is 1. The number of amidine groups is 1. The van der Waals surface area contributed by atoms with Crippen molar-refractivity contribution in [1.29, 1.82) is 0 Å². The summed E-state index contributed by atoms with van der Waals surface area (Å²) in [6.07, 6.45) is 1.10. The average molecular weight is 197 g/mol. The third-order valence-corrected chi connectivity index (χ3v) is 2.54. The van der Waals surface area contributed by atoms with Crippen LogP contribution in [0.15, 0.2) is 4.99 Å². The molecule has 1 aliphatic rings. The minimum atomic E-state index is -0.689. The van der Waals surface area contributed by atoms with Crippen molar-refractivity contribution in [3.8, 4) is 0 Å². The van der Waals surface area contributed by atoms with E-state index in [2.05, 4.69) is 10.3 Å². The summed E-state index contributed by atoms with van der Waals surface area (Å²) in [5.74, 6) is -0.430. The van der Waals surface area contributed by atoms with E-state index in [-0.39, 0.29) is 12.3 Å². The molecule has 3 N–H and O–H groups in total. The molecule has 0 atom stereocenters. The van der Waals surface area contributed by atoms with E-state index in [4.69, 9.17) is 5.73 Å². The van der Waals surface area contributed by atoms with Crippen LogP contribution in [0.1, 0.15) is 33.1 Å². The van der Waals surface area contributed by atoms with E-state index in [1.807, 2.05) is 13.8 Å². The number of rotatable bonds is 3. The molecule has 5 nitrogen and oxygen atoms in total. The fourth-order valence-corrected chi connectivity index (χ4v) is 1.33. The summed E-state index contributed by atoms with van der Waals surface area (Å²) >= 11 is 0. The highest BCUT2D eigenvalue weighted by Crippen LogP contribution is 2.14. The van der Waals surface area contributed by atoms with E-state index in [0.29, 0.717) is 18.7 Å². The van der Waals surface area contributed by atoms with Crippen molar-refractivity contribution in [2.75, 3.05) is 0 Å². The summed E-state index contributed by atoms with van der Waals surface area (Å²) in [5.41, 5.74) is 5.31. The molecular weight excluding hydrogens is 182 g/mol. The molecular formula is C9H15N3O2. The molecule has 2 amide bonds. The molecule has 1 heterocycles. The minimum Gasteiger partial charge on any atom is -0.319 e. The van der Waals surface area contributed by atoms with E-state index in [1.54, 1.807) is 0 Å². The molecule has 78 valence electrons. The summed E-state index contributed by atoms with van der Waals surface area (Å²) in [7, 11) is 0. The number of carbonyl (C=O) groups excluding carboxylic acids is 2. The number of aliphatic imine (C=N–C) groups is 1. The van der Waals surface area contributed by atoms with Crippen LogP contribution < -0.4 is 11.1 Å². The maximum absolute atomic E-state index is 11.1. The quantitative estimate of drug-likeness (QED) is 0.622. The van der Waals surface area contributed by atoms with Crippen molar-refractivity contribution in [1.82, 2.24) is 5.32 Å². The van der Waals surface area contributed by atoms with Gasteiger partial charge in [-0.05, 0) is 12.8 Å². The minimum absolute atomic E-state index is 0.174. The second-order valence-corrected chi connectivity index (χ2v) is 3.44. The lowest BCUT2D eigenvalue weighted by Gasteiger charge is -2.29. The van der Waals surface area contributed by atoms with Crippen molar-refractivity contribution in [3.63, 3.8) is 0 Å². The van der Waals surface area contributed by atoms with Gasteiger partial charge in [0.1, 0.15) is 12.3 Å². The smallest absolute Gasteiger partial charge is 0.256 e. The average Bonchev–Trinajstić information content (AvgIpc) is 2.15. The summed E-state index contributed by atoms with van der Waals surface area (Å²) in [4.78, 5) is 25.9. The number of hydrogen-bond acceptors (Lipinski definition) is 3. The van der Waals surface area contributed by atoms with Crippen molar-refractivity contribution in [2.45, 2.75) is 38.6 Å². The zero-order valence-electron chi connectivity index (χ0n) is 8.46. The van der Waals surface area contributed by atoms with Crippen LogP contribution in [0.25, 0.3) is 0 Å². The van der Waals surface area contributed by atoms with Gasteiger partial charge in [-0.3, -0.25) is 9.59 Å². The largest absolute Gasteiger partial charge is 0.319 e. The molecule has 14 heavy (non-hydrogen) atoms.